The van der Waals surface area contributed by atoms with Crippen molar-refractivity contribution >= 4 is 11.9 Å². The van der Waals surface area contributed by atoms with Crippen LogP contribution >= 0.6 is 0 Å². The molecule has 1 aromatic carbocycles. The second-order valence-electron chi connectivity index (χ2n) is 6.75. The minimum atomic E-state index is -1.00. The molecule has 1 rings (SSSR count). The van der Waals surface area contributed by atoms with E-state index in [1.165, 1.54) is 5.56 Å². The van der Waals surface area contributed by atoms with Gasteiger partial charge in [0.1, 0.15) is 6.04 Å². The molecule has 1 unspecified atom stereocenters. The molecule has 5 nitrogen and oxygen atoms in total. The molecule has 0 bridgehead atoms. The highest BCUT2D eigenvalue weighted by atomic mass is 16.4. The highest BCUT2D eigenvalue weighted by Crippen LogP contribution is 2.18. The standard InChI is InChI=1S/C19H30N2O3/c1-13(2)12-15-7-9-16(10-8-15)14(3)18(22)21-17(19(23)24)6-4-5-11-20/h7-10,13-14,17H,4-6,11-12,20H2,1-3H3,(H,21,22)(H,23,24)/t14-,17?/m1/s1. The first-order chi connectivity index (χ1) is 11.3. The molecule has 0 aliphatic carbocycles. The van der Waals surface area contributed by atoms with Gasteiger partial charge in [0.2, 0.25) is 5.91 Å². The summed E-state index contributed by atoms with van der Waals surface area (Å²) in [4.78, 5) is 23.6. The van der Waals surface area contributed by atoms with Crippen molar-refractivity contribution < 1.29 is 14.7 Å². The maximum atomic E-state index is 12.4. The lowest BCUT2D eigenvalue weighted by molar-refractivity contribution is -0.142. The summed E-state index contributed by atoms with van der Waals surface area (Å²) in [6.45, 7) is 6.66. The Balaban J connectivity index is 2.66. The first-order valence-electron chi connectivity index (χ1n) is 8.67. The largest absolute Gasteiger partial charge is 0.480 e. The molecular formula is C19H30N2O3. The van der Waals surface area contributed by atoms with Crippen LogP contribution in [0.3, 0.4) is 0 Å². The van der Waals surface area contributed by atoms with Gasteiger partial charge in [0.25, 0.3) is 0 Å². The number of hydrogen-bond acceptors (Lipinski definition) is 3. The van der Waals surface area contributed by atoms with Crippen molar-refractivity contribution in [3.63, 3.8) is 0 Å². The van der Waals surface area contributed by atoms with Gasteiger partial charge in [-0.15, -0.1) is 0 Å². The molecule has 0 aliphatic rings. The fourth-order valence-corrected chi connectivity index (χ4v) is 2.61. The molecule has 0 saturated heterocycles. The molecule has 5 heteroatoms. The number of carbonyl (C=O) groups excluding carboxylic acids is 1. The molecule has 0 aliphatic heterocycles. The Labute approximate surface area is 144 Å². The first-order valence-corrected chi connectivity index (χ1v) is 8.67. The fourth-order valence-electron chi connectivity index (χ4n) is 2.61. The van der Waals surface area contributed by atoms with Crippen LogP contribution in [0.2, 0.25) is 0 Å². The van der Waals surface area contributed by atoms with Gasteiger partial charge in [0.05, 0.1) is 5.92 Å². The third kappa shape index (κ3) is 6.71. The Morgan fingerprint density at radius 3 is 2.25 bits per heavy atom. The van der Waals surface area contributed by atoms with Crippen molar-refractivity contribution in [2.45, 2.75) is 58.4 Å². The topological polar surface area (TPSA) is 92.4 Å². The van der Waals surface area contributed by atoms with Gasteiger partial charge in [0.15, 0.2) is 0 Å². The SMILES string of the molecule is CC(C)Cc1ccc([C@@H](C)C(=O)NC(CCCCN)C(=O)O)cc1. The number of rotatable bonds is 10. The lowest BCUT2D eigenvalue weighted by atomic mass is 9.96. The van der Waals surface area contributed by atoms with Crippen LogP contribution < -0.4 is 11.1 Å². The van der Waals surface area contributed by atoms with Gasteiger partial charge in [-0.2, -0.15) is 0 Å². The van der Waals surface area contributed by atoms with Gasteiger partial charge in [0, 0.05) is 0 Å². The van der Waals surface area contributed by atoms with Crippen molar-refractivity contribution in [1.82, 2.24) is 5.32 Å². The molecule has 0 heterocycles. The average Bonchev–Trinajstić information content (AvgIpc) is 2.53. The summed E-state index contributed by atoms with van der Waals surface area (Å²) in [6, 6.07) is 7.12. The van der Waals surface area contributed by atoms with E-state index in [2.05, 4.69) is 19.2 Å². The van der Waals surface area contributed by atoms with Crippen LogP contribution in [-0.4, -0.2) is 29.6 Å². The van der Waals surface area contributed by atoms with Gasteiger partial charge in [-0.1, -0.05) is 38.1 Å². The van der Waals surface area contributed by atoms with Crippen LogP contribution in [-0.2, 0) is 16.0 Å². The molecule has 0 radical (unpaired) electrons. The Bertz CT molecular complexity index is 526. The summed E-state index contributed by atoms with van der Waals surface area (Å²) >= 11 is 0. The number of aliphatic carboxylic acids is 1. The number of unbranched alkanes of at least 4 members (excludes halogenated alkanes) is 1. The van der Waals surface area contributed by atoms with Crippen LogP contribution in [0.4, 0.5) is 0 Å². The van der Waals surface area contributed by atoms with E-state index in [1.807, 2.05) is 24.3 Å². The van der Waals surface area contributed by atoms with Crippen molar-refractivity contribution in [2.75, 3.05) is 6.54 Å². The quantitative estimate of drug-likeness (QED) is 0.574. The number of carboxylic acids is 1. The Morgan fingerprint density at radius 1 is 1.12 bits per heavy atom. The number of nitrogens with two attached hydrogens (primary N) is 1. The molecule has 1 aromatic rings. The number of carboxylic acid groups (broad SMARTS) is 1. The second-order valence-corrected chi connectivity index (χ2v) is 6.75. The number of nitrogens with one attached hydrogen (secondary N) is 1. The maximum Gasteiger partial charge on any atom is 0.326 e. The summed E-state index contributed by atoms with van der Waals surface area (Å²) in [5, 5.41) is 11.9. The lowest BCUT2D eigenvalue weighted by Gasteiger charge is -2.18. The lowest BCUT2D eigenvalue weighted by Crippen LogP contribution is -2.42. The fraction of sp³-hybridized carbons (Fsp3) is 0.579. The summed E-state index contributed by atoms with van der Waals surface area (Å²) in [7, 11) is 0. The molecular weight excluding hydrogens is 304 g/mol. The third-order valence-electron chi connectivity index (χ3n) is 4.08. The van der Waals surface area contributed by atoms with Gasteiger partial charge in [-0.25, -0.2) is 4.79 Å². The molecule has 0 saturated carbocycles. The van der Waals surface area contributed by atoms with Crippen molar-refractivity contribution in [3.8, 4) is 0 Å². The van der Waals surface area contributed by atoms with Gasteiger partial charge in [-0.3, -0.25) is 4.79 Å². The van der Waals surface area contributed by atoms with Gasteiger partial charge >= 0.3 is 5.97 Å². The van der Waals surface area contributed by atoms with E-state index in [0.717, 1.165) is 18.4 Å². The number of benzene rings is 1. The molecule has 0 spiro atoms. The van der Waals surface area contributed by atoms with E-state index in [0.29, 0.717) is 25.3 Å². The Kier molecular flexibility index (Phi) is 8.47. The van der Waals surface area contributed by atoms with Crippen LogP contribution in [0.15, 0.2) is 24.3 Å². The van der Waals surface area contributed by atoms with Crippen molar-refractivity contribution in [1.29, 1.82) is 0 Å². The van der Waals surface area contributed by atoms with E-state index < -0.39 is 12.0 Å². The second kappa shape index (κ2) is 10.1. The number of carbonyl (C=O) groups is 2. The predicted octanol–water partition coefficient (Wildman–Crippen LogP) is 2.69. The average molecular weight is 334 g/mol. The van der Waals surface area contributed by atoms with E-state index >= 15 is 0 Å². The molecule has 0 fully saturated rings. The van der Waals surface area contributed by atoms with E-state index in [-0.39, 0.29) is 11.8 Å². The van der Waals surface area contributed by atoms with Crippen molar-refractivity contribution in [3.05, 3.63) is 35.4 Å². The molecule has 0 aromatic heterocycles. The van der Waals surface area contributed by atoms with Crippen LogP contribution in [0.5, 0.6) is 0 Å². The summed E-state index contributed by atoms with van der Waals surface area (Å²) in [6.07, 6.45) is 2.85. The highest BCUT2D eigenvalue weighted by Gasteiger charge is 2.23. The normalized spacial score (nSPS) is 13.5. The molecule has 4 N–H and O–H groups in total. The monoisotopic (exact) mass is 334 g/mol. The Hall–Kier alpha value is -1.88. The van der Waals surface area contributed by atoms with E-state index in [1.54, 1.807) is 6.92 Å². The molecule has 1 amide bonds. The smallest absolute Gasteiger partial charge is 0.326 e. The van der Waals surface area contributed by atoms with E-state index in [4.69, 9.17) is 5.73 Å². The van der Waals surface area contributed by atoms with Crippen LogP contribution in [0.25, 0.3) is 0 Å². The van der Waals surface area contributed by atoms with Crippen LogP contribution in [0.1, 0.15) is 57.1 Å². The highest BCUT2D eigenvalue weighted by molar-refractivity contribution is 5.87. The molecule has 24 heavy (non-hydrogen) atoms. The number of hydrogen-bond donors (Lipinski definition) is 3. The predicted molar refractivity (Wildman–Crippen MR) is 95.9 cm³/mol. The molecule has 2 atom stereocenters. The van der Waals surface area contributed by atoms with Gasteiger partial charge in [-0.05, 0) is 56.2 Å². The maximum absolute atomic E-state index is 12.4. The molecule has 134 valence electrons. The minimum absolute atomic E-state index is 0.258. The van der Waals surface area contributed by atoms with Gasteiger partial charge < -0.3 is 16.2 Å². The minimum Gasteiger partial charge on any atom is -0.480 e. The summed E-state index contributed by atoms with van der Waals surface area (Å²) in [5.74, 6) is -1.05. The van der Waals surface area contributed by atoms with Crippen molar-refractivity contribution in [2.24, 2.45) is 11.7 Å². The first kappa shape index (κ1) is 20.2. The zero-order valence-corrected chi connectivity index (χ0v) is 14.9. The zero-order valence-electron chi connectivity index (χ0n) is 14.9. The van der Waals surface area contributed by atoms with E-state index in [9.17, 15) is 14.7 Å². The Morgan fingerprint density at radius 2 is 1.75 bits per heavy atom. The third-order valence-corrected chi connectivity index (χ3v) is 4.08. The van der Waals surface area contributed by atoms with Crippen LogP contribution in [0, 0.1) is 5.92 Å². The summed E-state index contributed by atoms with van der Waals surface area (Å²) in [5.41, 5.74) is 7.56. The zero-order chi connectivity index (χ0) is 18.1. The number of amides is 1. The summed E-state index contributed by atoms with van der Waals surface area (Å²) < 4.78 is 0.